The maximum absolute atomic E-state index is 11.2. The van der Waals surface area contributed by atoms with E-state index < -0.39 is 10.0 Å². The molecule has 0 saturated heterocycles. The van der Waals surface area contributed by atoms with Crippen LogP contribution in [0.5, 0.6) is 0 Å². The van der Waals surface area contributed by atoms with Crippen molar-refractivity contribution in [3.05, 3.63) is 54.4 Å². The smallest absolute Gasteiger partial charge is 0.229 e. The van der Waals surface area contributed by atoms with Gasteiger partial charge in [0, 0.05) is 11.9 Å². The van der Waals surface area contributed by atoms with Gasteiger partial charge in [-0.25, -0.2) is 8.42 Å². The van der Waals surface area contributed by atoms with Gasteiger partial charge in [-0.15, -0.1) is 0 Å². The lowest BCUT2D eigenvalue weighted by molar-refractivity contribution is 0.607. The van der Waals surface area contributed by atoms with E-state index in [9.17, 15) is 8.42 Å². The molecule has 0 aliphatic carbocycles. The number of benzene rings is 1. The van der Waals surface area contributed by atoms with Gasteiger partial charge in [0.2, 0.25) is 10.0 Å². The molecule has 0 fully saturated rings. The van der Waals surface area contributed by atoms with E-state index in [1.807, 2.05) is 31.2 Å². The Morgan fingerprint density at radius 1 is 1.10 bits per heavy atom. The predicted octanol–water partition coefficient (Wildman–Crippen LogP) is 2.63. The van der Waals surface area contributed by atoms with E-state index in [1.165, 1.54) is 0 Å². The number of sulfonamides is 1. The van der Waals surface area contributed by atoms with Crippen molar-refractivity contribution >= 4 is 21.4 Å². The van der Waals surface area contributed by atoms with Crippen molar-refractivity contribution in [3.63, 3.8) is 0 Å². The maximum atomic E-state index is 11.2. The minimum Gasteiger partial charge on any atom is -0.377 e. The van der Waals surface area contributed by atoms with Crippen LogP contribution in [0, 0.1) is 0 Å². The summed E-state index contributed by atoms with van der Waals surface area (Å²) in [6, 6.07) is 12.9. The molecule has 0 saturated carbocycles. The van der Waals surface area contributed by atoms with Crippen molar-refractivity contribution in [2.75, 3.05) is 16.3 Å². The molecule has 2 aromatic rings. The second kappa shape index (κ2) is 5.92. The molecule has 0 amide bonds. The lowest BCUT2D eigenvalue weighted by Crippen LogP contribution is -2.11. The average molecular weight is 291 g/mol. The molecule has 0 spiro atoms. The zero-order chi connectivity index (χ0) is 14.6. The van der Waals surface area contributed by atoms with E-state index >= 15 is 0 Å². The van der Waals surface area contributed by atoms with Gasteiger partial charge in [-0.3, -0.25) is 9.71 Å². The van der Waals surface area contributed by atoms with E-state index in [-0.39, 0.29) is 6.04 Å². The Balaban J connectivity index is 2.12. The summed E-state index contributed by atoms with van der Waals surface area (Å²) < 4.78 is 24.9. The van der Waals surface area contributed by atoms with Crippen LogP contribution in [0.4, 0.5) is 11.4 Å². The largest absolute Gasteiger partial charge is 0.377 e. The van der Waals surface area contributed by atoms with Gasteiger partial charge in [0.05, 0.1) is 23.7 Å². The first-order chi connectivity index (χ1) is 9.44. The highest BCUT2D eigenvalue weighted by Gasteiger charge is 2.07. The van der Waals surface area contributed by atoms with E-state index in [4.69, 9.17) is 0 Å². The van der Waals surface area contributed by atoms with Crippen LogP contribution in [0.15, 0.2) is 48.7 Å². The number of hydrogen-bond acceptors (Lipinski definition) is 4. The molecule has 6 heteroatoms. The lowest BCUT2D eigenvalue weighted by Gasteiger charge is -2.15. The van der Waals surface area contributed by atoms with E-state index in [2.05, 4.69) is 15.0 Å². The van der Waals surface area contributed by atoms with Gasteiger partial charge in [-0.05, 0) is 37.3 Å². The zero-order valence-electron chi connectivity index (χ0n) is 11.4. The number of nitrogens with one attached hydrogen (secondary N) is 2. The summed E-state index contributed by atoms with van der Waals surface area (Å²) in [7, 11) is -3.26. The van der Waals surface area contributed by atoms with Crippen molar-refractivity contribution in [2.24, 2.45) is 0 Å². The molecular formula is C14H17N3O2S. The first-order valence-electron chi connectivity index (χ1n) is 6.19. The highest BCUT2D eigenvalue weighted by Crippen LogP contribution is 2.21. The summed E-state index contributed by atoms with van der Waals surface area (Å²) in [6.45, 7) is 2.00. The number of hydrogen-bond donors (Lipinski definition) is 2. The van der Waals surface area contributed by atoms with Gasteiger partial charge in [-0.1, -0.05) is 12.1 Å². The Bertz CT molecular complexity index is 672. The van der Waals surface area contributed by atoms with Crippen LogP contribution in [-0.4, -0.2) is 19.7 Å². The average Bonchev–Trinajstić information content (AvgIpc) is 2.38. The van der Waals surface area contributed by atoms with E-state index in [0.717, 1.165) is 17.6 Å². The third-order valence-electron chi connectivity index (χ3n) is 2.68. The highest BCUT2D eigenvalue weighted by molar-refractivity contribution is 7.92. The second-order valence-corrected chi connectivity index (χ2v) is 6.32. The molecule has 0 aliphatic rings. The van der Waals surface area contributed by atoms with Crippen LogP contribution < -0.4 is 10.0 Å². The van der Waals surface area contributed by atoms with E-state index in [1.54, 1.807) is 24.4 Å². The monoisotopic (exact) mass is 291 g/mol. The maximum Gasteiger partial charge on any atom is 0.229 e. The summed E-state index contributed by atoms with van der Waals surface area (Å²) in [5, 5.41) is 3.29. The molecule has 5 nitrogen and oxygen atoms in total. The molecule has 106 valence electrons. The number of pyridine rings is 1. The van der Waals surface area contributed by atoms with Crippen molar-refractivity contribution < 1.29 is 8.42 Å². The predicted molar refractivity (Wildman–Crippen MR) is 81.2 cm³/mol. The lowest BCUT2D eigenvalue weighted by atomic mass is 10.2. The third-order valence-corrected chi connectivity index (χ3v) is 3.29. The molecule has 0 radical (unpaired) electrons. The minimum atomic E-state index is -3.26. The molecule has 2 rings (SSSR count). The molecule has 0 bridgehead atoms. The molecule has 1 aromatic carbocycles. The molecule has 1 unspecified atom stereocenters. The number of nitrogens with zero attached hydrogens (tertiary/aromatic N) is 1. The van der Waals surface area contributed by atoms with Gasteiger partial charge in [-0.2, -0.15) is 0 Å². The van der Waals surface area contributed by atoms with Crippen LogP contribution >= 0.6 is 0 Å². The molecule has 1 heterocycles. The standard InChI is InChI=1S/C14H17N3O2S/c1-11(14-8-3-4-9-15-14)16-12-6-5-7-13(10-12)17-20(2,18)19/h3-11,16-17H,1-2H3. The van der Waals surface area contributed by atoms with E-state index in [0.29, 0.717) is 5.69 Å². The topological polar surface area (TPSA) is 71.1 Å². The van der Waals surface area contributed by atoms with Crippen molar-refractivity contribution in [1.82, 2.24) is 4.98 Å². The Morgan fingerprint density at radius 3 is 2.50 bits per heavy atom. The normalized spacial score (nSPS) is 12.7. The quantitative estimate of drug-likeness (QED) is 0.888. The summed E-state index contributed by atoms with van der Waals surface area (Å²) in [5.41, 5.74) is 2.29. The van der Waals surface area contributed by atoms with Crippen LogP contribution in [0.25, 0.3) is 0 Å². The van der Waals surface area contributed by atoms with Crippen molar-refractivity contribution in [3.8, 4) is 0 Å². The first kappa shape index (κ1) is 14.3. The second-order valence-electron chi connectivity index (χ2n) is 4.58. The summed E-state index contributed by atoms with van der Waals surface area (Å²) in [4.78, 5) is 4.28. The van der Waals surface area contributed by atoms with Crippen LogP contribution in [0.3, 0.4) is 0 Å². The first-order valence-corrected chi connectivity index (χ1v) is 8.08. The Morgan fingerprint density at radius 2 is 1.85 bits per heavy atom. The van der Waals surface area contributed by atoms with Crippen LogP contribution in [-0.2, 0) is 10.0 Å². The Hall–Kier alpha value is -2.08. The summed E-state index contributed by atoms with van der Waals surface area (Å²) in [6.07, 6.45) is 2.87. The van der Waals surface area contributed by atoms with Gasteiger partial charge >= 0.3 is 0 Å². The van der Waals surface area contributed by atoms with Gasteiger partial charge in [0.25, 0.3) is 0 Å². The fraction of sp³-hybridized carbons (Fsp3) is 0.214. The number of rotatable bonds is 5. The molecule has 20 heavy (non-hydrogen) atoms. The summed E-state index contributed by atoms with van der Waals surface area (Å²) in [5.74, 6) is 0. The number of aromatic nitrogens is 1. The summed E-state index contributed by atoms with van der Waals surface area (Å²) >= 11 is 0. The number of anilines is 2. The molecule has 0 aliphatic heterocycles. The fourth-order valence-corrected chi connectivity index (χ4v) is 2.40. The molecule has 1 aromatic heterocycles. The van der Waals surface area contributed by atoms with Gasteiger partial charge in [0.15, 0.2) is 0 Å². The minimum absolute atomic E-state index is 0.0321. The van der Waals surface area contributed by atoms with Gasteiger partial charge < -0.3 is 5.32 Å². The van der Waals surface area contributed by atoms with Crippen LogP contribution in [0.1, 0.15) is 18.7 Å². The Kier molecular flexibility index (Phi) is 4.24. The third kappa shape index (κ3) is 4.24. The highest BCUT2D eigenvalue weighted by atomic mass is 32.2. The van der Waals surface area contributed by atoms with Crippen LogP contribution in [0.2, 0.25) is 0 Å². The van der Waals surface area contributed by atoms with Crippen molar-refractivity contribution in [2.45, 2.75) is 13.0 Å². The molecule has 1 atom stereocenters. The molecular weight excluding hydrogens is 274 g/mol. The fourth-order valence-electron chi connectivity index (χ4n) is 1.84. The zero-order valence-corrected chi connectivity index (χ0v) is 12.2. The molecule has 2 N–H and O–H groups in total. The Labute approximate surface area is 119 Å². The van der Waals surface area contributed by atoms with Gasteiger partial charge in [0.1, 0.15) is 0 Å². The van der Waals surface area contributed by atoms with Crippen molar-refractivity contribution in [1.29, 1.82) is 0 Å². The SMILES string of the molecule is CC(Nc1cccc(NS(C)(=O)=O)c1)c1ccccn1.